The molecule has 1 aliphatic carbocycles. The highest BCUT2D eigenvalue weighted by atomic mass is 19.4. The molecule has 27 heavy (non-hydrogen) atoms. The fraction of sp³-hybridized carbons (Fsp3) is 0.286. The lowest BCUT2D eigenvalue weighted by Gasteiger charge is -2.16. The topological polar surface area (TPSA) is 36.1 Å². The molecule has 2 aliphatic rings. The minimum absolute atomic E-state index is 0.0236. The van der Waals surface area contributed by atoms with Gasteiger partial charge in [-0.1, -0.05) is 30.3 Å². The van der Waals surface area contributed by atoms with E-state index in [0.29, 0.717) is 19.5 Å². The number of benzene rings is 2. The van der Waals surface area contributed by atoms with Crippen LogP contribution in [0.15, 0.2) is 48.5 Å². The fourth-order valence-electron chi connectivity index (χ4n) is 4.15. The number of rotatable bonds is 2. The predicted molar refractivity (Wildman–Crippen MR) is 94.8 cm³/mol. The number of aromatic amines is 1. The van der Waals surface area contributed by atoms with Crippen LogP contribution in [-0.4, -0.2) is 15.8 Å². The fourth-order valence-corrected chi connectivity index (χ4v) is 4.15. The Labute approximate surface area is 153 Å². The van der Waals surface area contributed by atoms with Gasteiger partial charge in [-0.25, -0.2) is 0 Å². The van der Waals surface area contributed by atoms with Gasteiger partial charge in [0.1, 0.15) is 0 Å². The van der Waals surface area contributed by atoms with Gasteiger partial charge in [0.15, 0.2) is 0 Å². The average molecular weight is 370 g/mol. The van der Waals surface area contributed by atoms with Crippen LogP contribution in [0.1, 0.15) is 34.7 Å². The Bertz CT molecular complexity index is 1040. The summed E-state index contributed by atoms with van der Waals surface area (Å²) in [6.07, 6.45) is -3.63. The Hall–Kier alpha value is -2.76. The molecular formula is C21H17F3N2O. The first-order valence-electron chi connectivity index (χ1n) is 8.96. The average Bonchev–Trinajstić information content (AvgIpc) is 3.22. The first-order valence-corrected chi connectivity index (χ1v) is 8.96. The number of fused-ring (bicyclic) bond motifs is 3. The highest BCUT2D eigenvalue weighted by molar-refractivity contribution is 5.88. The van der Waals surface area contributed by atoms with E-state index in [4.69, 9.17) is 0 Å². The second kappa shape index (κ2) is 5.62. The summed E-state index contributed by atoms with van der Waals surface area (Å²) >= 11 is 0. The van der Waals surface area contributed by atoms with Crippen LogP contribution in [0.4, 0.5) is 13.2 Å². The lowest BCUT2D eigenvalue weighted by atomic mass is 10.1. The number of hydrogen-bond donors (Lipinski definition) is 1. The lowest BCUT2D eigenvalue weighted by Crippen LogP contribution is -2.27. The van der Waals surface area contributed by atoms with Gasteiger partial charge in [0, 0.05) is 34.6 Å². The summed E-state index contributed by atoms with van der Waals surface area (Å²) < 4.78 is 38.1. The van der Waals surface area contributed by atoms with E-state index in [0.717, 1.165) is 34.3 Å². The van der Waals surface area contributed by atoms with Crippen LogP contribution < -0.4 is 0 Å². The SMILES string of the molecule is O=C(C1CC1c1ccc(C(F)(F)F)cc1)N1Cc2[nH]c3ccccc3c2C1. The van der Waals surface area contributed by atoms with Gasteiger partial charge < -0.3 is 9.88 Å². The molecule has 138 valence electrons. The molecule has 1 amide bonds. The number of H-pyrrole nitrogens is 1. The highest BCUT2D eigenvalue weighted by Gasteiger charge is 2.47. The molecule has 2 unspecified atom stereocenters. The molecule has 6 heteroatoms. The van der Waals surface area contributed by atoms with Gasteiger partial charge in [-0.2, -0.15) is 13.2 Å². The van der Waals surface area contributed by atoms with Gasteiger partial charge in [-0.05, 0) is 36.1 Å². The van der Waals surface area contributed by atoms with Crippen molar-refractivity contribution in [1.29, 1.82) is 0 Å². The Morgan fingerprint density at radius 2 is 1.78 bits per heavy atom. The van der Waals surface area contributed by atoms with E-state index in [9.17, 15) is 18.0 Å². The third-order valence-corrected chi connectivity index (χ3v) is 5.69. The van der Waals surface area contributed by atoms with Gasteiger partial charge in [0.25, 0.3) is 0 Å². The van der Waals surface area contributed by atoms with Crippen LogP contribution in [0.2, 0.25) is 0 Å². The first kappa shape index (κ1) is 16.4. The zero-order chi connectivity index (χ0) is 18.8. The molecule has 0 radical (unpaired) electrons. The summed E-state index contributed by atoms with van der Waals surface area (Å²) in [5.74, 6) is -0.0129. The Morgan fingerprint density at radius 3 is 2.52 bits per heavy atom. The van der Waals surface area contributed by atoms with E-state index in [1.165, 1.54) is 17.7 Å². The summed E-state index contributed by atoms with van der Waals surface area (Å²) in [5.41, 5.74) is 3.50. The van der Waals surface area contributed by atoms with Gasteiger partial charge in [0.2, 0.25) is 5.91 Å². The highest BCUT2D eigenvalue weighted by Crippen LogP contribution is 2.49. The first-order chi connectivity index (χ1) is 12.9. The van der Waals surface area contributed by atoms with Crippen molar-refractivity contribution in [2.75, 3.05) is 0 Å². The zero-order valence-corrected chi connectivity index (χ0v) is 14.4. The number of amides is 1. The van der Waals surface area contributed by atoms with E-state index in [1.54, 1.807) is 0 Å². The van der Waals surface area contributed by atoms with Gasteiger partial charge >= 0.3 is 6.18 Å². The molecule has 0 spiro atoms. The number of carbonyl (C=O) groups is 1. The molecule has 3 aromatic rings. The predicted octanol–water partition coefficient (Wildman–Crippen LogP) is 4.83. The van der Waals surface area contributed by atoms with E-state index >= 15 is 0 Å². The minimum Gasteiger partial charge on any atom is -0.357 e. The number of hydrogen-bond acceptors (Lipinski definition) is 1. The number of carbonyl (C=O) groups excluding carboxylic acids is 1. The molecule has 1 saturated carbocycles. The summed E-state index contributed by atoms with van der Waals surface area (Å²) in [4.78, 5) is 18.1. The molecule has 2 atom stereocenters. The molecule has 0 bridgehead atoms. The molecule has 5 rings (SSSR count). The van der Waals surface area contributed by atoms with E-state index in [-0.39, 0.29) is 17.7 Å². The summed E-state index contributed by atoms with van der Waals surface area (Å²) in [6.45, 7) is 1.16. The molecule has 1 N–H and O–H groups in total. The van der Waals surface area contributed by atoms with Crippen molar-refractivity contribution in [2.45, 2.75) is 31.6 Å². The molecule has 2 heterocycles. The summed E-state index contributed by atoms with van der Waals surface area (Å²) in [7, 11) is 0. The van der Waals surface area contributed by atoms with Crippen molar-refractivity contribution in [1.82, 2.24) is 9.88 Å². The van der Waals surface area contributed by atoms with E-state index in [1.807, 2.05) is 23.1 Å². The number of nitrogens with zero attached hydrogens (tertiary/aromatic N) is 1. The van der Waals surface area contributed by atoms with Crippen molar-refractivity contribution in [2.24, 2.45) is 5.92 Å². The molecule has 1 aromatic heterocycles. The second-order valence-corrected chi connectivity index (χ2v) is 7.39. The Kier molecular flexibility index (Phi) is 3.41. The summed E-state index contributed by atoms with van der Waals surface area (Å²) in [5, 5.41) is 1.15. The van der Waals surface area contributed by atoms with Crippen molar-refractivity contribution in [3.05, 3.63) is 70.9 Å². The van der Waals surface area contributed by atoms with Crippen LogP contribution in [0, 0.1) is 5.92 Å². The zero-order valence-electron chi connectivity index (χ0n) is 14.4. The molecular weight excluding hydrogens is 353 g/mol. The number of alkyl halides is 3. The van der Waals surface area contributed by atoms with Crippen LogP contribution in [0.5, 0.6) is 0 Å². The summed E-state index contributed by atoms with van der Waals surface area (Å²) in [6, 6.07) is 13.3. The number of nitrogens with one attached hydrogen (secondary N) is 1. The van der Waals surface area contributed by atoms with Crippen LogP contribution in [0.3, 0.4) is 0 Å². The Balaban J connectivity index is 1.29. The Morgan fingerprint density at radius 1 is 1.04 bits per heavy atom. The van der Waals surface area contributed by atoms with Gasteiger partial charge in [-0.3, -0.25) is 4.79 Å². The lowest BCUT2D eigenvalue weighted by molar-refractivity contribution is -0.137. The third-order valence-electron chi connectivity index (χ3n) is 5.69. The quantitative estimate of drug-likeness (QED) is 0.689. The smallest absolute Gasteiger partial charge is 0.357 e. The standard InChI is InChI=1S/C21H17F3N2O/c22-21(23,24)13-7-5-12(6-8-13)15-9-16(15)20(27)26-10-17-14-3-1-2-4-18(14)25-19(17)11-26/h1-8,15-16,25H,9-11H2. The van der Waals surface area contributed by atoms with Gasteiger partial charge in [0.05, 0.1) is 12.1 Å². The molecule has 1 fully saturated rings. The van der Waals surface area contributed by atoms with Gasteiger partial charge in [-0.15, -0.1) is 0 Å². The van der Waals surface area contributed by atoms with Crippen LogP contribution >= 0.6 is 0 Å². The number of halogens is 3. The van der Waals surface area contributed by atoms with Crippen molar-refractivity contribution >= 4 is 16.8 Å². The van der Waals surface area contributed by atoms with Crippen molar-refractivity contribution in [3.63, 3.8) is 0 Å². The van der Waals surface area contributed by atoms with Crippen LogP contribution in [0.25, 0.3) is 10.9 Å². The maximum atomic E-state index is 12.9. The second-order valence-electron chi connectivity index (χ2n) is 7.39. The van der Waals surface area contributed by atoms with Crippen molar-refractivity contribution in [3.8, 4) is 0 Å². The number of para-hydroxylation sites is 1. The molecule has 1 aliphatic heterocycles. The molecule has 0 saturated heterocycles. The van der Waals surface area contributed by atoms with E-state index < -0.39 is 11.7 Å². The maximum Gasteiger partial charge on any atom is 0.416 e. The van der Waals surface area contributed by atoms with Crippen molar-refractivity contribution < 1.29 is 18.0 Å². The van der Waals surface area contributed by atoms with E-state index in [2.05, 4.69) is 11.1 Å². The minimum atomic E-state index is -4.33. The normalized spacial score (nSPS) is 21.5. The van der Waals surface area contributed by atoms with Crippen LogP contribution in [-0.2, 0) is 24.1 Å². The monoisotopic (exact) mass is 370 g/mol. The molecule has 2 aromatic carbocycles. The molecule has 3 nitrogen and oxygen atoms in total. The largest absolute Gasteiger partial charge is 0.416 e. The third kappa shape index (κ3) is 2.71. The number of aromatic nitrogens is 1. The maximum absolute atomic E-state index is 12.9.